The van der Waals surface area contributed by atoms with E-state index in [1.165, 1.54) is 0 Å². The normalized spacial score (nSPS) is 11.4. The van der Waals surface area contributed by atoms with E-state index in [4.69, 9.17) is 9.84 Å². The van der Waals surface area contributed by atoms with Gasteiger partial charge in [-0.15, -0.1) is 0 Å². The van der Waals surface area contributed by atoms with Gasteiger partial charge in [-0.05, 0) is 24.3 Å². The highest BCUT2D eigenvalue weighted by Gasteiger charge is 2.03. The first-order valence-electron chi connectivity index (χ1n) is 5.77. The number of urea groups is 1. The van der Waals surface area contributed by atoms with Crippen LogP contribution in [0.15, 0.2) is 24.3 Å². The summed E-state index contributed by atoms with van der Waals surface area (Å²) in [4.78, 5) is 21.8. The second-order valence-electron chi connectivity index (χ2n) is 3.87. The minimum atomic E-state index is -1.06. The van der Waals surface area contributed by atoms with Crippen LogP contribution in [0.5, 0.6) is 5.75 Å². The summed E-state index contributed by atoms with van der Waals surface area (Å²) in [6.45, 7) is -0.0871. The lowest BCUT2D eigenvalue weighted by Crippen LogP contribution is -2.31. The van der Waals surface area contributed by atoms with Gasteiger partial charge in [-0.3, -0.25) is 4.21 Å². The van der Waals surface area contributed by atoms with E-state index in [1.54, 1.807) is 30.5 Å². The number of carboxylic acid groups (broad SMARTS) is 1. The molecule has 1 aromatic carbocycles. The Bertz CT molecular complexity index is 489. The minimum absolute atomic E-state index is 0.328. The third-order valence-corrected chi connectivity index (χ3v) is 2.93. The summed E-state index contributed by atoms with van der Waals surface area (Å²) >= 11 is 0. The molecule has 20 heavy (non-hydrogen) atoms. The average Bonchev–Trinajstić information content (AvgIpc) is 2.37. The molecule has 1 aromatic rings. The molecule has 3 N–H and O–H groups in total. The predicted molar refractivity (Wildman–Crippen MR) is 75.5 cm³/mol. The van der Waals surface area contributed by atoms with Crippen molar-refractivity contribution in [1.82, 2.24) is 5.32 Å². The van der Waals surface area contributed by atoms with Gasteiger partial charge in [-0.25, -0.2) is 9.59 Å². The zero-order chi connectivity index (χ0) is 15.0. The summed E-state index contributed by atoms with van der Waals surface area (Å²) < 4.78 is 15.8. The molecule has 7 nitrogen and oxygen atoms in total. The van der Waals surface area contributed by atoms with Gasteiger partial charge in [-0.2, -0.15) is 0 Å². The highest BCUT2D eigenvalue weighted by atomic mass is 32.2. The molecule has 0 aliphatic rings. The van der Waals surface area contributed by atoms with Crippen molar-refractivity contribution in [3.8, 4) is 5.75 Å². The number of hydrogen-bond acceptors (Lipinski definition) is 4. The van der Waals surface area contributed by atoms with Crippen LogP contribution in [0.1, 0.15) is 0 Å². The van der Waals surface area contributed by atoms with Crippen LogP contribution in [0.4, 0.5) is 10.5 Å². The minimum Gasteiger partial charge on any atom is -0.482 e. The van der Waals surface area contributed by atoms with Crippen LogP contribution in [0.2, 0.25) is 0 Å². The fourth-order valence-electron chi connectivity index (χ4n) is 1.26. The number of carbonyl (C=O) groups is 2. The van der Waals surface area contributed by atoms with Crippen LogP contribution in [0, 0.1) is 0 Å². The maximum Gasteiger partial charge on any atom is 0.341 e. The van der Waals surface area contributed by atoms with E-state index in [-0.39, 0.29) is 0 Å². The molecule has 0 saturated carbocycles. The van der Waals surface area contributed by atoms with Gasteiger partial charge in [0, 0.05) is 35.0 Å². The molecule has 0 aliphatic carbocycles. The van der Waals surface area contributed by atoms with E-state index >= 15 is 0 Å². The molecule has 0 heterocycles. The summed E-state index contributed by atoms with van der Waals surface area (Å²) in [5.41, 5.74) is 0.544. The molecule has 0 fully saturated rings. The van der Waals surface area contributed by atoms with Crippen molar-refractivity contribution in [2.75, 3.05) is 30.5 Å². The Balaban J connectivity index is 2.38. The molecule has 0 saturated heterocycles. The van der Waals surface area contributed by atoms with E-state index in [1.807, 2.05) is 0 Å². The Morgan fingerprint density at radius 2 is 1.95 bits per heavy atom. The van der Waals surface area contributed by atoms with Crippen molar-refractivity contribution in [3.05, 3.63) is 24.3 Å². The lowest BCUT2D eigenvalue weighted by Gasteiger charge is -2.08. The van der Waals surface area contributed by atoms with Crippen LogP contribution < -0.4 is 15.4 Å². The number of carboxylic acids is 1. The number of aliphatic carboxylic acids is 1. The SMILES string of the molecule is CS(=O)CCNC(=O)Nc1ccc(OCC(=O)O)cc1. The number of ether oxygens (including phenoxy) is 1. The smallest absolute Gasteiger partial charge is 0.341 e. The number of amides is 2. The topological polar surface area (TPSA) is 105 Å². The van der Waals surface area contributed by atoms with Gasteiger partial charge >= 0.3 is 12.0 Å². The lowest BCUT2D eigenvalue weighted by molar-refractivity contribution is -0.139. The van der Waals surface area contributed by atoms with Crippen LogP contribution in [0.3, 0.4) is 0 Å². The Hall–Kier alpha value is -2.09. The van der Waals surface area contributed by atoms with Crippen molar-refractivity contribution in [2.45, 2.75) is 0 Å². The van der Waals surface area contributed by atoms with E-state index in [0.29, 0.717) is 23.7 Å². The summed E-state index contributed by atoms with van der Waals surface area (Å²) in [6.07, 6.45) is 1.56. The number of rotatable bonds is 7. The van der Waals surface area contributed by atoms with E-state index in [9.17, 15) is 13.8 Å². The molecule has 0 aliphatic heterocycles. The predicted octanol–water partition coefficient (Wildman–Crippen LogP) is 0.650. The number of benzene rings is 1. The summed E-state index contributed by atoms with van der Waals surface area (Å²) in [6, 6.07) is 5.90. The van der Waals surface area contributed by atoms with Crippen molar-refractivity contribution in [3.63, 3.8) is 0 Å². The molecule has 0 bridgehead atoms. The number of hydrogen-bond donors (Lipinski definition) is 3. The third kappa shape index (κ3) is 6.74. The monoisotopic (exact) mass is 300 g/mol. The van der Waals surface area contributed by atoms with Gasteiger partial charge < -0.3 is 20.5 Å². The van der Waals surface area contributed by atoms with Gasteiger partial charge in [0.1, 0.15) is 5.75 Å². The molecule has 0 spiro atoms. The highest BCUT2D eigenvalue weighted by molar-refractivity contribution is 7.84. The molecule has 2 amide bonds. The zero-order valence-electron chi connectivity index (χ0n) is 10.9. The van der Waals surface area contributed by atoms with Gasteiger partial charge in [-0.1, -0.05) is 0 Å². The van der Waals surface area contributed by atoms with Crippen LogP contribution in [0.25, 0.3) is 0 Å². The first kappa shape index (κ1) is 16.0. The molecule has 0 aromatic heterocycles. The summed E-state index contributed by atoms with van der Waals surface area (Å²) in [7, 11) is -0.945. The largest absolute Gasteiger partial charge is 0.482 e. The van der Waals surface area contributed by atoms with Gasteiger partial charge in [0.25, 0.3) is 0 Å². The zero-order valence-corrected chi connectivity index (χ0v) is 11.7. The van der Waals surface area contributed by atoms with E-state index in [0.717, 1.165) is 0 Å². The molecular formula is C12H16N2O5S. The van der Waals surface area contributed by atoms with E-state index in [2.05, 4.69) is 10.6 Å². The maximum absolute atomic E-state index is 11.5. The van der Waals surface area contributed by atoms with Crippen molar-refractivity contribution in [1.29, 1.82) is 0 Å². The number of nitrogens with one attached hydrogen (secondary N) is 2. The fourth-order valence-corrected chi connectivity index (χ4v) is 1.65. The van der Waals surface area contributed by atoms with Gasteiger partial charge in [0.15, 0.2) is 6.61 Å². The van der Waals surface area contributed by atoms with Crippen molar-refractivity contribution >= 4 is 28.5 Å². The first-order valence-corrected chi connectivity index (χ1v) is 7.49. The Labute approximate surface area is 118 Å². The molecular weight excluding hydrogens is 284 g/mol. The molecule has 1 unspecified atom stereocenters. The first-order chi connectivity index (χ1) is 9.47. The Morgan fingerprint density at radius 3 is 2.50 bits per heavy atom. The highest BCUT2D eigenvalue weighted by Crippen LogP contribution is 2.15. The van der Waals surface area contributed by atoms with Gasteiger partial charge in [0.2, 0.25) is 0 Å². The second kappa shape index (κ2) is 8.16. The quantitative estimate of drug-likeness (QED) is 0.686. The van der Waals surface area contributed by atoms with Crippen LogP contribution in [-0.4, -0.2) is 46.5 Å². The molecule has 110 valence electrons. The Kier molecular flexibility index (Phi) is 6.51. The second-order valence-corrected chi connectivity index (χ2v) is 5.42. The molecule has 0 radical (unpaired) electrons. The van der Waals surface area contributed by atoms with Crippen LogP contribution in [-0.2, 0) is 15.6 Å². The Morgan fingerprint density at radius 1 is 1.30 bits per heavy atom. The van der Waals surface area contributed by atoms with Crippen molar-refractivity contribution < 1.29 is 23.6 Å². The van der Waals surface area contributed by atoms with E-state index < -0.39 is 29.4 Å². The molecule has 8 heteroatoms. The lowest BCUT2D eigenvalue weighted by atomic mass is 10.3. The summed E-state index contributed by atoms with van der Waals surface area (Å²) in [5.74, 6) is -0.255. The average molecular weight is 300 g/mol. The summed E-state index contributed by atoms with van der Waals surface area (Å²) in [5, 5.41) is 13.6. The van der Waals surface area contributed by atoms with Crippen LogP contribution >= 0.6 is 0 Å². The molecule has 1 rings (SSSR count). The standard InChI is InChI=1S/C12H16N2O5S/c1-20(18)7-6-13-12(17)14-9-2-4-10(5-3-9)19-8-11(15)16/h2-5H,6-8H2,1H3,(H,15,16)(H2,13,14,17). The maximum atomic E-state index is 11.5. The van der Waals surface area contributed by atoms with Crippen molar-refractivity contribution in [2.24, 2.45) is 0 Å². The van der Waals surface area contributed by atoms with Gasteiger partial charge in [0.05, 0.1) is 0 Å². The molecule has 1 atom stereocenters. The fraction of sp³-hybridized carbons (Fsp3) is 0.333. The number of anilines is 1. The number of carbonyl (C=O) groups excluding carboxylic acids is 1. The third-order valence-electron chi connectivity index (χ3n) is 2.15.